The number of nitrogens with one attached hydrogen (secondary N) is 3. The van der Waals surface area contributed by atoms with Crippen LogP contribution in [-0.2, 0) is 4.79 Å². The summed E-state index contributed by atoms with van der Waals surface area (Å²) in [6.45, 7) is 5.48. The topological polar surface area (TPSA) is 82.4 Å². The molecule has 4 rings (SSSR count). The van der Waals surface area contributed by atoms with Crippen LogP contribution in [0.4, 0.5) is 0 Å². The standard InChI is InChI=1S/C19H27Cl2N5O/c1-19(10-22)5-7-26(8-6-19)18-24-16-14(17(27)25-18)12(9-23-16)11-3-2-4-13(20)15(11)21/h2-4,12,14,16,18,23-24H,5-10,22H2,1H3,(H,25,27). The number of nitrogens with zero attached hydrogens (tertiary/aromatic N) is 1. The molecule has 4 atom stereocenters. The molecule has 3 fully saturated rings. The van der Waals surface area contributed by atoms with Crippen molar-refractivity contribution >= 4 is 29.1 Å². The normalized spacial score (nSPS) is 33.6. The molecule has 8 heteroatoms. The highest BCUT2D eigenvalue weighted by molar-refractivity contribution is 6.42. The number of carbonyl (C=O) groups excluding carboxylic acids is 1. The second kappa shape index (κ2) is 7.50. The fourth-order valence-electron chi connectivity index (χ4n) is 4.51. The molecule has 1 aromatic rings. The second-order valence-electron chi connectivity index (χ2n) is 8.29. The number of likely N-dealkylation sites (tertiary alicyclic amines) is 1. The van der Waals surface area contributed by atoms with Crippen molar-refractivity contribution in [1.82, 2.24) is 20.9 Å². The molecule has 0 radical (unpaired) electrons. The predicted molar refractivity (Wildman–Crippen MR) is 108 cm³/mol. The smallest absolute Gasteiger partial charge is 0.228 e. The highest BCUT2D eigenvalue weighted by Crippen LogP contribution is 2.39. The van der Waals surface area contributed by atoms with Gasteiger partial charge in [0.1, 0.15) is 6.29 Å². The summed E-state index contributed by atoms with van der Waals surface area (Å²) in [6, 6.07) is 5.62. The first kappa shape index (κ1) is 19.4. The van der Waals surface area contributed by atoms with Gasteiger partial charge in [0, 0.05) is 25.6 Å². The quantitative estimate of drug-likeness (QED) is 0.608. The molecule has 3 saturated heterocycles. The van der Waals surface area contributed by atoms with Gasteiger partial charge in [0.25, 0.3) is 0 Å². The molecule has 3 aliphatic heterocycles. The first-order valence-electron chi connectivity index (χ1n) is 9.60. The third-order valence-electron chi connectivity index (χ3n) is 6.51. The third-order valence-corrected chi connectivity index (χ3v) is 7.35. The lowest BCUT2D eigenvalue weighted by Crippen LogP contribution is -2.69. The Morgan fingerprint density at radius 3 is 2.74 bits per heavy atom. The van der Waals surface area contributed by atoms with Gasteiger partial charge in [-0.1, -0.05) is 42.3 Å². The number of amides is 1. The fourth-order valence-corrected chi connectivity index (χ4v) is 4.96. The van der Waals surface area contributed by atoms with Crippen LogP contribution < -0.4 is 21.7 Å². The number of piperidine rings is 1. The maximum atomic E-state index is 13.0. The van der Waals surface area contributed by atoms with E-state index in [2.05, 4.69) is 27.8 Å². The van der Waals surface area contributed by atoms with Gasteiger partial charge in [0.2, 0.25) is 5.91 Å². The van der Waals surface area contributed by atoms with Gasteiger partial charge in [-0.2, -0.15) is 0 Å². The Morgan fingerprint density at radius 1 is 1.30 bits per heavy atom. The lowest BCUT2D eigenvalue weighted by Gasteiger charge is -2.45. The molecule has 5 N–H and O–H groups in total. The van der Waals surface area contributed by atoms with Crippen LogP contribution in [-0.4, -0.2) is 49.4 Å². The molecular weight excluding hydrogens is 385 g/mol. The Bertz CT molecular complexity index is 722. The van der Waals surface area contributed by atoms with Crippen LogP contribution in [0.3, 0.4) is 0 Å². The van der Waals surface area contributed by atoms with Crippen molar-refractivity contribution in [2.75, 3.05) is 26.2 Å². The van der Waals surface area contributed by atoms with Gasteiger partial charge in [-0.15, -0.1) is 0 Å². The van der Waals surface area contributed by atoms with Crippen molar-refractivity contribution in [2.24, 2.45) is 17.1 Å². The van der Waals surface area contributed by atoms with Crippen LogP contribution >= 0.6 is 23.2 Å². The monoisotopic (exact) mass is 411 g/mol. The summed E-state index contributed by atoms with van der Waals surface area (Å²) in [7, 11) is 0. The van der Waals surface area contributed by atoms with Crippen molar-refractivity contribution in [3.8, 4) is 0 Å². The van der Waals surface area contributed by atoms with E-state index in [9.17, 15) is 4.79 Å². The van der Waals surface area contributed by atoms with Crippen molar-refractivity contribution in [3.05, 3.63) is 33.8 Å². The van der Waals surface area contributed by atoms with E-state index in [4.69, 9.17) is 28.9 Å². The van der Waals surface area contributed by atoms with Crippen molar-refractivity contribution in [2.45, 2.75) is 38.1 Å². The third kappa shape index (κ3) is 3.59. The zero-order chi connectivity index (χ0) is 19.2. The van der Waals surface area contributed by atoms with E-state index in [0.717, 1.165) is 31.5 Å². The minimum Gasteiger partial charge on any atom is -0.330 e. The minimum atomic E-state index is -0.212. The van der Waals surface area contributed by atoms with Crippen LogP contribution in [0, 0.1) is 11.3 Å². The molecule has 1 aromatic carbocycles. The molecule has 0 aromatic heterocycles. The van der Waals surface area contributed by atoms with Crippen molar-refractivity contribution in [3.63, 3.8) is 0 Å². The van der Waals surface area contributed by atoms with Crippen molar-refractivity contribution in [1.29, 1.82) is 0 Å². The van der Waals surface area contributed by atoms with Gasteiger partial charge >= 0.3 is 0 Å². The summed E-state index contributed by atoms with van der Waals surface area (Å²) in [5.74, 6) is -0.158. The molecule has 0 bridgehead atoms. The fraction of sp³-hybridized carbons (Fsp3) is 0.632. The highest BCUT2D eigenvalue weighted by atomic mass is 35.5. The molecule has 148 valence electrons. The summed E-state index contributed by atoms with van der Waals surface area (Å²) < 4.78 is 0. The summed E-state index contributed by atoms with van der Waals surface area (Å²) in [5, 5.41) is 11.3. The number of rotatable bonds is 3. The number of fused-ring (bicyclic) bond motifs is 1. The Kier molecular flexibility index (Phi) is 5.40. The van der Waals surface area contributed by atoms with Crippen molar-refractivity contribution < 1.29 is 4.79 Å². The van der Waals surface area contributed by atoms with Gasteiger partial charge in [0.15, 0.2) is 0 Å². The number of nitrogens with two attached hydrogens (primary N) is 1. The van der Waals surface area contributed by atoms with Crippen LogP contribution in [0.5, 0.6) is 0 Å². The van der Waals surface area contributed by atoms with Gasteiger partial charge < -0.3 is 16.4 Å². The molecule has 3 heterocycles. The maximum absolute atomic E-state index is 13.0. The molecule has 1 amide bonds. The van der Waals surface area contributed by atoms with Crippen LogP contribution in [0.2, 0.25) is 10.0 Å². The maximum Gasteiger partial charge on any atom is 0.228 e. The molecule has 0 aliphatic carbocycles. The van der Waals surface area contributed by atoms with E-state index in [1.165, 1.54) is 0 Å². The summed E-state index contributed by atoms with van der Waals surface area (Å²) in [5.41, 5.74) is 7.05. The zero-order valence-corrected chi connectivity index (χ0v) is 17.0. The van der Waals surface area contributed by atoms with E-state index in [1.54, 1.807) is 6.07 Å². The minimum absolute atomic E-state index is 0.00321. The number of hydrogen-bond donors (Lipinski definition) is 4. The molecule has 0 saturated carbocycles. The van der Waals surface area contributed by atoms with Crippen LogP contribution in [0.15, 0.2) is 18.2 Å². The lowest BCUT2D eigenvalue weighted by atomic mass is 9.80. The molecule has 6 nitrogen and oxygen atoms in total. The molecule has 3 aliphatic rings. The van der Waals surface area contributed by atoms with Gasteiger partial charge in [-0.3, -0.25) is 15.0 Å². The molecule has 27 heavy (non-hydrogen) atoms. The number of carbonyl (C=O) groups is 1. The average Bonchev–Trinajstić information content (AvgIpc) is 3.09. The number of halogens is 2. The van der Waals surface area contributed by atoms with Gasteiger partial charge in [-0.25, -0.2) is 0 Å². The Hall–Kier alpha value is -0.890. The largest absolute Gasteiger partial charge is 0.330 e. The number of hydrogen-bond acceptors (Lipinski definition) is 5. The SMILES string of the molecule is CC1(CN)CCN(C2NC(=O)C3C(NCC3c3cccc(Cl)c3Cl)N2)CC1. The molecule has 0 spiro atoms. The van der Waals surface area contributed by atoms with Crippen LogP contribution in [0.1, 0.15) is 31.2 Å². The summed E-state index contributed by atoms with van der Waals surface area (Å²) in [6.07, 6.45) is 1.85. The average molecular weight is 412 g/mol. The van der Waals surface area contributed by atoms with Crippen LogP contribution in [0.25, 0.3) is 0 Å². The lowest BCUT2D eigenvalue weighted by molar-refractivity contribution is -0.133. The Labute approximate surface area is 170 Å². The van der Waals surface area contributed by atoms with Gasteiger partial charge in [-0.05, 0) is 36.4 Å². The summed E-state index contributed by atoms with van der Waals surface area (Å²) in [4.78, 5) is 15.3. The Morgan fingerprint density at radius 2 is 2.04 bits per heavy atom. The van der Waals surface area contributed by atoms with E-state index >= 15 is 0 Å². The van der Waals surface area contributed by atoms with E-state index in [1.807, 2.05) is 12.1 Å². The first-order chi connectivity index (χ1) is 12.9. The highest BCUT2D eigenvalue weighted by Gasteiger charge is 2.48. The van der Waals surface area contributed by atoms with E-state index in [-0.39, 0.29) is 35.6 Å². The second-order valence-corrected chi connectivity index (χ2v) is 9.07. The van der Waals surface area contributed by atoms with Gasteiger partial charge in [0.05, 0.1) is 22.1 Å². The number of benzene rings is 1. The molecule has 4 unspecified atom stereocenters. The van der Waals surface area contributed by atoms with E-state index < -0.39 is 0 Å². The summed E-state index contributed by atoms with van der Waals surface area (Å²) >= 11 is 12.6. The van der Waals surface area contributed by atoms with E-state index in [0.29, 0.717) is 23.1 Å². The Balaban J connectivity index is 1.46. The first-order valence-corrected chi connectivity index (χ1v) is 10.4. The predicted octanol–water partition coefficient (Wildman–Crippen LogP) is 1.69. The zero-order valence-electron chi connectivity index (χ0n) is 15.5. The molecular formula is C19H27Cl2N5O.